The number of fused-ring (bicyclic) bond motifs is 1. The fourth-order valence-corrected chi connectivity index (χ4v) is 3.19. The molecule has 1 fully saturated rings. The van der Waals surface area contributed by atoms with Crippen molar-refractivity contribution in [2.45, 2.75) is 13.0 Å². The lowest BCUT2D eigenvalue weighted by Crippen LogP contribution is -2.44. The normalized spacial score (nSPS) is 17.8. The summed E-state index contributed by atoms with van der Waals surface area (Å²) in [4.78, 5) is 14.4. The molecule has 0 unspecified atom stereocenters. The van der Waals surface area contributed by atoms with E-state index < -0.39 is 0 Å². The van der Waals surface area contributed by atoms with Gasteiger partial charge in [-0.25, -0.2) is 9.97 Å². The molecule has 4 rings (SSSR count). The highest BCUT2D eigenvalue weighted by molar-refractivity contribution is 6.01. The summed E-state index contributed by atoms with van der Waals surface area (Å²) in [5, 5.41) is 10.1. The monoisotopic (exact) mass is 319 g/mol. The molecule has 0 bridgehead atoms. The maximum absolute atomic E-state index is 9.16. The van der Waals surface area contributed by atoms with Crippen LogP contribution in [0.25, 0.3) is 22.2 Å². The second-order valence-electron chi connectivity index (χ2n) is 5.93. The third-order valence-electron chi connectivity index (χ3n) is 4.39. The molecule has 2 aromatic heterocycles. The number of aromatic amines is 1. The minimum Gasteiger partial charge on any atom is -0.377 e. The predicted molar refractivity (Wildman–Crippen MR) is 91.7 cm³/mol. The van der Waals surface area contributed by atoms with Gasteiger partial charge >= 0.3 is 0 Å². The van der Waals surface area contributed by atoms with Crippen molar-refractivity contribution < 1.29 is 4.74 Å². The molecule has 1 aliphatic heterocycles. The van der Waals surface area contributed by atoms with Crippen molar-refractivity contribution in [1.82, 2.24) is 15.0 Å². The lowest BCUT2D eigenvalue weighted by atomic mass is 10.0. The van der Waals surface area contributed by atoms with Crippen LogP contribution in [0.15, 0.2) is 36.8 Å². The van der Waals surface area contributed by atoms with Gasteiger partial charge in [-0.1, -0.05) is 12.1 Å². The molecule has 120 valence electrons. The highest BCUT2D eigenvalue weighted by Crippen LogP contribution is 2.34. The summed E-state index contributed by atoms with van der Waals surface area (Å²) in [6, 6.07) is 10.0. The Balaban J connectivity index is 1.90. The van der Waals surface area contributed by atoms with Crippen LogP contribution in [0.5, 0.6) is 0 Å². The molecule has 1 saturated heterocycles. The Labute approximate surface area is 139 Å². The maximum Gasteiger partial charge on any atom is 0.143 e. The predicted octanol–water partition coefficient (Wildman–Crippen LogP) is 2.72. The van der Waals surface area contributed by atoms with Crippen LogP contribution in [0.3, 0.4) is 0 Å². The minimum absolute atomic E-state index is 0.255. The standard InChI is InChI=1S/C18H17N5O/c1-12-10-24-6-5-23(12)18-16-15(9-20-17(16)21-11-22-18)14-4-2-3-13(7-14)8-19/h2-4,7,9,11-12H,5-6,10H2,1H3,(H,20,21,22)/t12-/m0/s1. The van der Waals surface area contributed by atoms with E-state index in [1.54, 1.807) is 12.4 Å². The number of ether oxygens (including phenoxy) is 1. The van der Waals surface area contributed by atoms with E-state index in [0.29, 0.717) is 18.8 Å². The molecule has 24 heavy (non-hydrogen) atoms. The first-order valence-electron chi connectivity index (χ1n) is 7.95. The molecule has 0 amide bonds. The molecular formula is C18H17N5O. The number of H-pyrrole nitrogens is 1. The van der Waals surface area contributed by atoms with Crippen LogP contribution in [0.4, 0.5) is 5.82 Å². The molecule has 1 N–H and O–H groups in total. The molecule has 0 aliphatic carbocycles. The van der Waals surface area contributed by atoms with Gasteiger partial charge in [-0.15, -0.1) is 0 Å². The third-order valence-corrected chi connectivity index (χ3v) is 4.39. The van der Waals surface area contributed by atoms with Crippen molar-refractivity contribution in [3.05, 3.63) is 42.4 Å². The van der Waals surface area contributed by atoms with Crippen LogP contribution in [-0.2, 0) is 4.74 Å². The van der Waals surface area contributed by atoms with Crippen molar-refractivity contribution in [3.8, 4) is 17.2 Å². The van der Waals surface area contributed by atoms with Gasteiger partial charge in [0.15, 0.2) is 0 Å². The summed E-state index contributed by atoms with van der Waals surface area (Å²) >= 11 is 0. The number of nitrogens with zero attached hydrogens (tertiary/aromatic N) is 4. The summed E-state index contributed by atoms with van der Waals surface area (Å²) in [6.07, 6.45) is 3.52. The maximum atomic E-state index is 9.16. The number of nitriles is 1. The van der Waals surface area contributed by atoms with Crippen molar-refractivity contribution in [2.24, 2.45) is 0 Å². The Hall–Kier alpha value is -2.91. The van der Waals surface area contributed by atoms with E-state index in [9.17, 15) is 0 Å². The Morgan fingerprint density at radius 1 is 1.38 bits per heavy atom. The quantitative estimate of drug-likeness (QED) is 0.786. The Morgan fingerprint density at radius 3 is 3.12 bits per heavy atom. The Kier molecular flexibility index (Phi) is 3.63. The summed E-state index contributed by atoms with van der Waals surface area (Å²) in [5.41, 5.74) is 3.43. The first kappa shape index (κ1) is 14.7. The Morgan fingerprint density at radius 2 is 2.29 bits per heavy atom. The van der Waals surface area contributed by atoms with Gasteiger partial charge in [-0.05, 0) is 24.6 Å². The van der Waals surface area contributed by atoms with Gasteiger partial charge < -0.3 is 14.6 Å². The molecule has 0 saturated carbocycles. The molecule has 0 radical (unpaired) electrons. The molecule has 1 aliphatic rings. The number of morpholine rings is 1. The average molecular weight is 319 g/mol. The van der Waals surface area contributed by atoms with E-state index in [1.165, 1.54) is 0 Å². The zero-order valence-corrected chi connectivity index (χ0v) is 13.4. The third kappa shape index (κ3) is 2.39. The zero-order chi connectivity index (χ0) is 16.5. The number of anilines is 1. The molecule has 3 aromatic rings. The summed E-state index contributed by atoms with van der Waals surface area (Å²) in [6.45, 7) is 4.32. The van der Waals surface area contributed by atoms with Gasteiger partial charge in [0, 0.05) is 18.3 Å². The lowest BCUT2D eigenvalue weighted by molar-refractivity contribution is 0.0987. The average Bonchev–Trinajstić information content (AvgIpc) is 3.06. The molecule has 6 heteroatoms. The van der Waals surface area contributed by atoms with E-state index >= 15 is 0 Å². The molecular weight excluding hydrogens is 302 g/mol. The van der Waals surface area contributed by atoms with Gasteiger partial charge in [0.25, 0.3) is 0 Å². The topological polar surface area (TPSA) is 77.8 Å². The largest absolute Gasteiger partial charge is 0.377 e. The van der Waals surface area contributed by atoms with Gasteiger partial charge in [0.1, 0.15) is 17.8 Å². The number of hydrogen-bond donors (Lipinski definition) is 1. The van der Waals surface area contributed by atoms with E-state index in [-0.39, 0.29) is 6.04 Å². The van der Waals surface area contributed by atoms with E-state index in [4.69, 9.17) is 10.00 Å². The first-order valence-corrected chi connectivity index (χ1v) is 7.95. The number of nitrogens with one attached hydrogen (secondary N) is 1. The van der Waals surface area contributed by atoms with E-state index in [2.05, 4.69) is 32.8 Å². The van der Waals surface area contributed by atoms with Crippen LogP contribution < -0.4 is 4.90 Å². The summed E-state index contributed by atoms with van der Waals surface area (Å²) in [5.74, 6) is 0.911. The van der Waals surface area contributed by atoms with Gasteiger partial charge in [-0.2, -0.15) is 5.26 Å². The van der Waals surface area contributed by atoms with Crippen molar-refractivity contribution in [1.29, 1.82) is 5.26 Å². The zero-order valence-electron chi connectivity index (χ0n) is 13.4. The highest BCUT2D eigenvalue weighted by Gasteiger charge is 2.24. The van der Waals surface area contributed by atoms with Crippen LogP contribution in [-0.4, -0.2) is 40.8 Å². The fraction of sp³-hybridized carbons (Fsp3) is 0.278. The lowest BCUT2D eigenvalue weighted by Gasteiger charge is -2.34. The number of rotatable bonds is 2. The molecule has 6 nitrogen and oxygen atoms in total. The molecule has 3 heterocycles. The minimum atomic E-state index is 0.255. The highest BCUT2D eigenvalue weighted by atomic mass is 16.5. The van der Waals surface area contributed by atoms with E-state index in [0.717, 1.165) is 34.5 Å². The molecule has 1 atom stereocenters. The second-order valence-corrected chi connectivity index (χ2v) is 5.93. The van der Waals surface area contributed by atoms with Crippen LogP contribution in [0, 0.1) is 11.3 Å². The smallest absolute Gasteiger partial charge is 0.143 e. The van der Waals surface area contributed by atoms with Crippen molar-refractivity contribution in [2.75, 3.05) is 24.7 Å². The first-order chi connectivity index (χ1) is 11.8. The summed E-state index contributed by atoms with van der Waals surface area (Å²) < 4.78 is 5.54. The van der Waals surface area contributed by atoms with Crippen LogP contribution >= 0.6 is 0 Å². The SMILES string of the molecule is C[C@H]1COCCN1c1ncnc2[nH]cc(-c3cccc(C#N)c3)c12. The van der Waals surface area contributed by atoms with Crippen molar-refractivity contribution in [3.63, 3.8) is 0 Å². The van der Waals surface area contributed by atoms with Crippen molar-refractivity contribution >= 4 is 16.9 Å². The second kappa shape index (κ2) is 5.95. The number of aromatic nitrogens is 3. The van der Waals surface area contributed by atoms with Gasteiger partial charge in [-0.3, -0.25) is 0 Å². The van der Waals surface area contributed by atoms with E-state index in [1.807, 2.05) is 24.4 Å². The summed E-state index contributed by atoms with van der Waals surface area (Å²) in [7, 11) is 0. The van der Waals surface area contributed by atoms with Crippen LogP contribution in [0.2, 0.25) is 0 Å². The fourth-order valence-electron chi connectivity index (χ4n) is 3.19. The Bertz CT molecular complexity index is 927. The molecule has 1 aromatic carbocycles. The number of benzene rings is 1. The van der Waals surface area contributed by atoms with Gasteiger partial charge in [0.05, 0.1) is 36.3 Å². The van der Waals surface area contributed by atoms with Gasteiger partial charge in [0.2, 0.25) is 0 Å². The van der Waals surface area contributed by atoms with Crippen LogP contribution in [0.1, 0.15) is 12.5 Å². The molecule has 0 spiro atoms. The number of hydrogen-bond acceptors (Lipinski definition) is 5.